The summed E-state index contributed by atoms with van der Waals surface area (Å²) in [6.07, 6.45) is 3.54. The molecule has 0 atom stereocenters. The number of carbonyl (C=O) groups is 2. The van der Waals surface area contributed by atoms with Crippen molar-refractivity contribution in [2.24, 2.45) is 5.73 Å². The zero-order chi connectivity index (χ0) is 11.7. The Hall–Kier alpha value is -1.10. The lowest BCUT2D eigenvalue weighted by Gasteiger charge is -2.07. The molecule has 0 rings (SSSR count). The van der Waals surface area contributed by atoms with Gasteiger partial charge >= 0.3 is 0 Å². The summed E-state index contributed by atoms with van der Waals surface area (Å²) in [5, 5.41) is 11.1. The summed E-state index contributed by atoms with van der Waals surface area (Å²) in [5.74, 6) is -1.05. The van der Waals surface area contributed by atoms with Crippen molar-refractivity contribution in [2.75, 3.05) is 13.2 Å². The topological polar surface area (TPSA) is 92.4 Å². The van der Waals surface area contributed by atoms with Crippen molar-refractivity contribution >= 4 is 11.8 Å². The van der Waals surface area contributed by atoms with Crippen molar-refractivity contribution < 1.29 is 14.7 Å². The molecule has 4 N–H and O–H groups in total. The first-order chi connectivity index (χ1) is 7.09. The van der Waals surface area contributed by atoms with Gasteiger partial charge in [-0.05, 0) is 19.8 Å². The lowest BCUT2D eigenvalue weighted by atomic mass is 10.1. The summed E-state index contributed by atoms with van der Waals surface area (Å²) in [5.41, 5.74) is 4.94. The SMILES string of the molecule is C[C](C(N)=O)C(=O)NCCCCCCO. The zero-order valence-electron chi connectivity index (χ0n) is 9.08. The standard InChI is InChI=1S/C10H19N2O3/c1-8(9(11)14)10(15)12-6-4-2-3-5-7-13/h13H,2-7H2,1H3,(H2,11,14)(H,12,15). The summed E-state index contributed by atoms with van der Waals surface area (Å²) < 4.78 is 0. The molecule has 0 unspecified atom stereocenters. The van der Waals surface area contributed by atoms with E-state index in [-0.39, 0.29) is 12.5 Å². The molecule has 0 aliphatic carbocycles. The molecule has 0 aliphatic rings. The van der Waals surface area contributed by atoms with Gasteiger partial charge in [-0.25, -0.2) is 0 Å². The van der Waals surface area contributed by atoms with Crippen LogP contribution in [0, 0.1) is 5.92 Å². The summed E-state index contributed by atoms with van der Waals surface area (Å²) in [4.78, 5) is 21.8. The van der Waals surface area contributed by atoms with E-state index < -0.39 is 11.8 Å². The predicted octanol–water partition coefficient (Wildman–Crippen LogP) is -0.265. The van der Waals surface area contributed by atoms with E-state index in [0.717, 1.165) is 25.7 Å². The average Bonchev–Trinajstić information content (AvgIpc) is 2.21. The second-order valence-corrected chi connectivity index (χ2v) is 3.38. The fraction of sp³-hybridized carbons (Fsp3) is 0.700. The Morgan fingerprint density at radius 2 is 1.80 bits per heavy atom. The van der Waals surface area contributed by atoms with Crippen LogP contribution in [0.2, 0.25) is 0 Å². The van der Waals surface area contributed by atoms with Gasteiger partial charge in [-0.15, -0.1) is 0 Å². The number of hydrogen-bond acceptors (Lipinski definition) is 3. The van der Waals surface area contributed by atoms with Crippen molar-refractivity contribution in [1.82, 2.24) is 5.32 Å². The molecule has 0 aromatic carbocycles. The van der Waals surface area contributed by atoms with Crippen molar-refractivity contribution in [3.63, 3.8) is 0 Å². The number of hydrogen-bond donors (Lipinski definition) is 3. The van der Waals surface area contributed by atoms with Crippen LogP contribution in [0.5, 0.6) is 0 Å². The molecule has 0 bridgehead atoms. The summed E-state index contributed by atoms with van der Waals surface area (Å²) in [6.45, 7) is 2.15. The van der Waals surface area contributed by atoms with Crippen LogP contribution >= 0.6 is 0 Å². The Kier molecular flexibility index (Phi) is 7.62. The minimum absolute atomic E-state index is 0.0327. The van der Waals surface area contributed by atoms with Gasteiger partial charge in [-0.3, -0.25) is 9.59 Å². The largest absolute Gasteiger partial charge is 0.396 e. The predicted molar refractivity (Wildman–Crippen MR) is 56.7 cm³/mol. The van der Waals surface area contributed by atoms with Crippen LogP contribution in [0.4, 0.5) is 0 Å². The highest BCUT2D eigenvalue weighted by Crippen LogP contribution is 1.99. The number of unbranched alkanes of at least 4 members (excludes halogenated alkanes) is 3. The van der Waals surface area contributed by atoms with Gasteiger partial charge in [0.1, 0.15) is 5.92 Å². The van der Waals surface area contributed by atoms with Gasteiger partial charge in [0.15, 0.2) is 0 Å². The molecule has 0 aromatic heterocycles. The first kappa shape index (κ1) is 13.9. The van der Waals surface area contributed by atoms with Crippen LogP contribution in [-0.2, 0) is 9.59 Å². The number of amides is 2. The zero-order valence-corrected chi connectivity index (χ0v) is 9.08. The normalized spacial score (nSPS) is 10.3. The highest BCUT2D eigenvalue weighted by atomic mass is 16.3. The van der Waals surface area contributed by atoms with Gasteiger partial charge in [-0.2, -0.15) is 0 Å². The first-order valence-electron chi connectivity index (χ1n) is 5.12. The molecule has 0 aromatic rings. The second kappa shape index (κ2) is 8.23. The lowest BCUT2D eigenvalue weighted by Crippen LogP contribution is -2.35. The number of nitrogens with one attached hydrogen (secondary N) is 1. The van der Waals surface area contributed by atoms with E-state index in [4.69, 9.17) is 10.8 Å². The van der Waals surface area contributed by atoms with Crippen LogP contribution in [0.15, 0.2) is 0 Å². The van der Waals surface area contributed by atoms with Gasteiger partial charge in [0.2, 0.25) is 11.8 Å². The molecular weight excluding hydrogens is 196 g/mol. The smallest absolute Gasteiger partial charge is 0.237 e. The third kappa shape index (κ3) is 6.90. The molecular formula is C10H19N2O3. The second-order valence-electron chi connectivity index (χ2n) is 3.38. The van der Waals surface area contributed by atoms with Gasteiger partial charge in [0, 0.05) is 13.2 Å². The highest BCUT2D eigenvalue weighted by Gasteiger charge is 2.18. The van der Waals surface area contributed by atoms with E-state index in [1.807, 2.05) is 0 Å². The van der Waals surface area contributed by atoms with Crippen molar-refractivity contribution in [3.8, 4) is 0 Å². The first-order valence-corrected chi connectivity index (χ1v) is 5.12. The van der Waals surface area contributed by atoms with Gasteiger partial charge in [-0.1, -0.05) is 12.8 Å². The Morgan fingerprint density at radius 1 is 1.20 bits per heavy atom. The minimum Gasteiger partial charge on any atom is -0.396 e. The van der Waals surface area contributed by atoms with E-state index in [9.17, 15) is 9.59 Å². The summed E-state index contributed by atoms with van der Waals surface area (Å²) in [6, 6.07) is 0. The van der Waals surface area contributed by atoms with Crippen LogP contribution < -0.4 is 11.1 Å². The Bertz CT molecular complexity index is 207. The monoisotopic (exact) mass is 215 g/mol. The fourth-order valence-electron chi connectivity index (χ4n) is 1.04. The van der Waals surface area contributed by atoms with E-state index in [1.54, 1.807) is 0 Å². The average molecular weight is 215 g/mol. The van der Waals surface area contributed by atoms with Gasteiger partial charge < -0.3 is 16.2 Å². The molecule has 87 valence electrons. The molecule has 0 heterocycles. The molecule has 5 heteroatoms. The van der Waals surface area contributed by atoms with Gasteiger partial charge in [0.05, 0.1) is 0 Å². The lowest BCUT2D eigenvalue weighted by molar-refractivity contribution is -0.124. The molecule has 0 fully saturated rings. The number of nitrogens with two attached hydrogens (primary N) is 1. The Balaban J connectivity index is 3.43. The quantitative estimate of drug-likeness (QED) is 0.384. The molecule has 0 aliphatic heterocycles. The molecule has 2 amide bonds. The van der Waals surface area contributed by atoms with Crippen molar-refractivity contribution in [3.05, 3.63) is 5.92 Å². The third-order valence-electron chi connectivity index (χ3n) is 2.08. The van der Waals surface area contributed by atoms with Gasteiger partial charge in [0.25, 0.3) is 0 Å². The maximum Gasteiger partial charge on any atom is 0.237 e. The molecule has 15 heavy (non-hydrogen) atoms. The van der Waals surface area contributed by atoms with Crippen LogP contribution in [0.1, 0.15) is 32.6 Å². The molecule has 0 spiro atoms. The molecule has 1 radical (unpaired) electrons. The molecule has 0 saturated heterocycles. The Labute approximate surface area is 90.0 Å². The molecule has 0 saturated carbocycles. The highest BCUT2D eigenvalue weighted by molar-refractivity contribution is 6.13. The van der Waals surface area contributed by atoms with Crippen LogP contribution in [0.25, 0.3) is 0 Å². The number of carbonyl (C=O) groups excluding carboxylic acids is 2. The Morgan fingerprint density at radius 3 is 2.33 bits per heavy atom. The summed E-state index contributed by atoms with van der Waals surface area (Å²) in [7, 11) is 0. The molecule has 5 nitrogen and oxygen atoms in total. The van der Waals surface area contributed by atoms with E-state index >= 15 is 0 Å². The van der Waals surface area contributed by atoms with E-state index in [1.165, 1.54) is 6.92 Å². The minimum atomic E-state index is -0.687. The number of aliphatic hydroxyl groups is 1. The third-order valence-corrected chi connectivity index (χ3v) is 2.08. The number of primary amides is 1. The maximum atomic E-state index is 11.2. The van der Waals surface area contributed by atoms with E-state index in [0.29, 0.717) is 6.54 Å². The fourth-order valence-corrected chi connectivity index (χ4v) is 1.04. The van der Waals surface area contributed by atoms with Crippen molar-refractivity contribution in [1.29, 1.82) is 0 Å². The van der Waals surface area contributed by atoms with E-state index in [2.05, 4.69) is 5.32 Å². The number of aliphatic hydroxyl groups excluding tert-OH is 1. The number of rotatable bonds is 8. The van der Waals surface area contributed by atoms with Crippen LogP contribution in [-0.4, -0.2) is 30.1 Å². The maximum absolute atomic E-state index is 11.2. The van der Waals surface area contributed by atoms with Crippen molar-refractivity contribution in [2.45, 2.75) is 32.6 Å². The van der Waals surface area contributed by atoms with Crippen LogP contribution in [0.3, 0.4) is 0 Å². The summed E-state index contributed by atoms with van der Waals surface area (Å²) >= 11 is 0.